The Morgan fingerprint density at radius 3 is 2.68 bits per heavy atom. The third-order valence-corrected chi connectivity index (χ3v) is 7.71. The molecule has 0 radical (unpaired) electrons. The van der Waals surface area contributed by atoms with Crippen LogP contribution in [0.5, 0.6) is 0 Å². The third kappa shape index (κ3) is 3.74. The molecule has 0 aromatic heterocycles. The van der Waals surface area contributed by atoms with Gasteiger partial charge in [-0.25, -0.2) is 4.79 Å². The Bertz CT molecular complexity index is 933. The average molecular weight is 420 g/mol. The highest BCUT2D eigenvalue weighted by molar-refractivity contribution is 5.75. The van der Waals surface area contributed by atoms with Crippen LogP contribution in [-0.4, -0.2) is 48.6 Å². The lowest BCUT2D eigenvalue weighted by Crippen LogP contribution is -2.61. The fourth-order valence-corrected chi connectivity index (χ4v) is 5.92. The van der Waals surface area contributed by atoms with Gasteiger partial charge in [-0.05, 0) is 49.7 Å². The van der Waals surface area contributed by atoms with Crippen LogP contribution >= 0.6 is 0 Å². The standard InChI is InChI=1S/C26H33N3O2/c1-26(31-2,21-11-4-3-5-12-21)27-25(30)29-15-8-10-20-18-28-16-14-19-9-6-7-13-22(19)24(28)17-23(20)29/h3-7,9,11-13,20,23-24H,8,10,14-18H2,1-2H3,(H,27,30)/t20-,23+,24-,26-/m1/s1. The van der Waals surface area contributed by atoms with Crippen molar-refractivity contribution in [1.29, 1.82) is 0 Å². The van der Waals surface area contributed by atoms with Crippen molar-refractivity contribution in [3.63, 3.8) is 0 Å². The Kier molecular flexibility index (Phi) is 5.49. The molecule has 1 N–H and O–H groups in total. The zero-order valence-electron chi connectivity index (χ0n) is 18.6. The van der Waals surface area contributed by atoms with Crippen LogP contribution < -0.4 is 5.32 Å². The van der Waals surface area contributed by atoms with Crippen molar-refractivity contribution in [3.8, 4) is 0 Å². The molecule has 0 bridgehead atoms. The van der Waals surface area contributed by atoms with E-state index in [1.807, 2.05) is 37.3 Å². The quantitative estimate of drug-likeness (QED) is 0.755. The summed E-state index contributed by atoms with van der Waals surface area (Å²) < 4.78 is 5.79. The van der Waals surface area contributed by atoms with E-state index >= 15 is 0 Å². The summed E-state index contributed by atoms with van der Waals surface area (Å²) in [5, 5.41) is 3.20. The van der Waals surface area contributed by atoms with Gasteiger partial charge in [0.15, 0.2) is 5.72 Å². The van der Waals surface area contributed by atoms with Gasteiger partial charge in [0.2, 0.25) is 0 Å². The van der Waals surface area contributed by atoms with Gasteiger partial charge in [-0.15, -0.1) is 0 Å². The molecule has 5 nitrogen and oxygen atoms in total. The fourth-order valence-electron chi connectivity index (χ4n) is 5.92. The second-order valence-corrected chi connectivity index (χ2v) is 9.39. The van der Waals surface area contributed by atoms with E-state index in [1.165, 1.54) is 17.5 Å². The molecule has 3 heterocycles. The molecule has 164 valence electrons. The minimum Gasteiger partial charge on any atom is -0.355 e. The predicted octanol–water partition coefficient (Wildman–Crippen LogP) is 4.30. The summed E-state index contributed by atoms with van der Waals surface area (Å²) in [6.45, 7) is 4.97. The van der Waals surface area contributed by atoms with Gasteiger partial charge in [0.05, 0.1) is 0 Å². The van der Waals surface area contributed by atoms with Crippen LogP contribution in [-0.2, 0) is 16.9 Å². The highest BCUT2D eigenvalue weighted by atomic mass is 16.5. The predicted molar refractivity (Wildman–Crippen MR) is 122 cm³/mol. The zero-order valence-corrected chi connectivity index (χ0v) is 18.6. The number of carbonyl (C=O) groups is 1. The number of nitrogens with one attached hydrogen (secondary N) is 1. The van der Waals surface area contributed by atoms with E-state index in [2.05, 4.69) is 39.4 Å². The van der Waals surface area contributed by atoms with Crippen molar-refractivity contribution in [2.45, 2.75) is 50.4 Å². The van der Waals surface area contributed by atoms with E-state index in [0.29, 0.717) is 12.0 Å². The Balaban J connectivity index is 1.37. The van der Waals surface area contributed by atoms with Gasteiger partial charge in [-0.2, -0.15) is 0 Å². The molecular weight excluding hydrogens is 386 g/mol. The smallest absolute Gasteiger partial charge is 0.320 e. The first-order chi connectivity index (χ1) is 15.1. The number of hydrogen-bond donors (Lipinski definition) is 1. The van der Waals surface area contributed by atoms with Crippen molar-refractivity contribution >= 4 is 6.03 Å². The molecule has 3 aliphatic rings. The van der Waals surface area contributed by atoms with Crippen molar-refractivity contribution < 1.29 is 9.53 Å². The minimum atomic E-state index is -0.844. The molecule has 5 rings (SSSR count). The molecule has 5 heteroatoms. The van der Waals surface area contributed by atoms with Crippen molar-refractivity contribution in [2.75, 3.05) is 26.7 Å². The van der Waals surface area contributed by atoms with Crippen LogP contribution in [0.15, 0.2) is 54.6 Å². The molecule has 2 fully saturated rings. The van der Waals surface area contributed by atoms with Gasteiger partial charge in [0, 0.05) is 44.4 Å². The first-order valence-electron chi connectivity index (χ1n) is 11.6. The number of piperidine rings is 2. The van der Waals surface area contributed by atoms with E-state index < -0.39 is 5.72 Å². The number of carbonyl (C=O) groups excluding carboxylic acids is 1. The van der Waals surface area contributed by atoms with Gasteiger partial charge < -0.3 is 15.0 Å². The Labute approximate surface area is 185 Å². The lowest BCUT2D eigenvalue weighted by atomic mass is 9.77. The van der Waals surface area contributed by atoms with Crippen LogP contribution in [0.1, 0.15) is 48.9 Å². The van der Waals surface area contributed by atoms with E-state index in [4.69, 9.17) is 4.74 Å². The zero-order chi connectivity index (χ0) is 21.4. The molecule has 0 spiro atoms. The number of benzene rings is 2. The average Bonchev–Trinajstić information content (AvgIpc) is 2.82. The summed E-state index contributed by atoms with van der Waals surface area (Å²) in [5.41, 5.74) is 3.05. The Morgan fingerprint density at radius 1 is 1.10 bits per heavy atom. The summed E-state index contributed by atoms with van der Waals surface area (Å²) in [4.78, 5) is 18.3. The molecule has 2 aromatic rings. The number of urea groups is 1. The molecule has 0 saturated carbocycles. The first-order valence-corrected chi connectivity index (χ1v) is 11.6. The second-order valence-electron chi connectivity index (χ2n) is 9.39. The van der Waals surface area contributed by atoms with E-state index in [0.717, 1.165) is 44.5 Å². The maximum absolute atomic E-state index is 13.5. The number of hydrogen-bond acceptors (Lipinski definition) is 3. The van der Waals surface area contributed by atoms with Crippen LogP contribution in [0.4, 0.5) is 4.79 Å². The highest BCUT2D eigenvalue weighted by Crippen LogP contribution is 2.43. The van der Waals surface area contributed by atoms with Crippen LogP contribution in [0.3, 0.4) is 0 Å². The van der Waals surface area contributed by atoms with Gasteiger partial charge >= 0.3 is 6.03 Å². The first kappa shape index (κ1) is 20.5. The van der Waals surface area contributed by atoms with E-state index in [1.54, 1.807) is 7.11 Å². The van der Waals surface area contributed by atoms with Gasteiger partial charge in [0.1, 0.15) is 0 Å². The molecule has 0 unspecified atom stereocenters. The Morgan fingerprint density at radius 2 is 1.87 bits per heavy atom. The summed E-state index contributed by atoms with van der Waals surface area (Å²) in [7, 11) is 1.66. The van der Waals surface area contributed by atoms with Crippen LogP contribution in [0, 0.1) is 5.92 Å². The number of ether oxygens (including phenoxy) is 1. The SMILES string of the molecule is CO[C@@](C)(NC(=O)N1CCC[C@@H]2CN3CCc4ccccc4[C@H]3C[C@@H]21)c1ccccc1. The number of nitrogens with zero attached hydrogens (tertiary/aromatic N) is 2. The lowest BCUT2D eigenvalue weighted by Gasteiger charge is -2.52. The maximum Gasteiger partial charge on any atom is 0.320 e. The summed E-state index contributed by atoms with van der Waals surface area (Å²) in [6, 6.07) is 19.5. The van der Waals surface area contributed by atoms with Gasteiger partial charge in [-0.3, -0.25) is 4.90 Å². The number of methoxy groups -OCH3 is 1. The molecule has 3 aliphatic heterocycles. The molecule has 4 atom stereocenters. The third-order valence-electron chi connectivity index (χ3n) is 7.71. The normalized spacial score (nSPS) is 27.4. The minimum absolute atomic E-state index is 0.0135. The number of rotatable bonds is 3. The summed E-state index contributed by atoms with van der Waals surface area (Å²) in [5.74, 6) is 0.548. The van der Waals surface area contributed by atoms with Gasteiger partial charge in [0.25, 0.3) is 0 Å². The van der Waals surface area contributed by atoms with Crippen molar-refractivity contribution in [2.24, 2.45) is 5.92 Å². The van der Waals surface area contributed by atoms with Crippen LogP contribution in [0.25, 0.3) is 0 Å². The number of amides is 2. The van der Waals surface area contributed by atoms with E-state index in [9.17, 15) is 4.79 Å². The highest BCUT2D eigenvalue weighted by Gasteiger charge is 2.44. The molecule has 31 heavy (non-hydrogen) atoms. The topological polar surface area (TPSA) is 44.8 Å². The largest absolute Gasteiger partial charge is 0.355 e. The summed E-state index contributed by atoms with van der Waals surface area (Å²) in [6.07, 6.45) is 4.43. The fraction of sp³-hybridized carbons (Fsp3) is 0.500. The molecular formula is C26H33N3O2. The van der Waals surface area contributed by atoms with Crippen LogP contribution in [0.2, 0.25) is 0 Å². The summed E-state index contributed by atoms with van der Waals surface area (Å²) >= 11 is 0. The number of likely N-dealkylation sites (tertiary alicyclic amines) is 1. The molecule has 2 saturated heterocycles. The van der Waals surface area contributed by atoms with Crippen molar-refractivity contribution in [3.05, 3.63) is 71.3 Å². The lowest BCUT2D eigenvalue weighted by molar-refractivity contribution is -0.0332. The number of fused-ring (bicyclic) bond motifs is 4. The molecule has 2 aromatic carbocycles. The van der Waals surface area contributed by atoms with Gasteiger partial charge in [-0.1, -0.05) is 54.6 Å². The Hall–Kier alpha value is -2.37. The molecule has 2 amide bonds. The maximum atomic E-state index is 13.5. The van der Waals surface area contributed by atoms with E-state index in [-0.39, 0.29) is 12.1 Å². The van der Waals surface area contributed by atoms with Crippen molar-refractivity contribution in [1.82, 2.24) is 15.1 Å². The molecule has 0 aliphatic carbocycles. The monoisotopic (exact) mass is 419 g/mol. The second kappa shape index (κ2) is 8.29.